The van der Waals surface area contributed by atoms with E-state index in [-0.39, 0.29) is 28.6 Å². The maximum Gasteiger partial charge on any atom is 0.335 e. The molecule has 1 aromatic carbocycles. The number of benzene rings is 1. The van der Waals surface area contributed by atoms with Gasteiger partial charge in [-0.2, -0.15) is 0 Å². The van der Waals surface area contributed by atoms with Crippen molar-refractivity contribution in [2.45, 2.75) is 42.7 Å². The monoisotopic (exact) mass is 577 g/mol. The van der Waals surface area contributed by atoms with E-state index >= 15 is 4.39 Å². The highest BCUT2D eigenvalue weighted by atomic mass is 35.5. The molecule has 2 N–H and O–H groups in total. The molecule has 2 aliphatic heterocycles. The van der Waals surface area contributed by atoms with Gasteiger partial charge in [0.25, 0.3) is 0 Å². The number of hydrogen-bond donors (Lipinski definition) is 2. The summed E-state index contributed by atoms with van der Waals surface area (Å²) < 4.78 is 17.9. The number of likely N-dealkylation sites (tertiary alicyclic amines) is 1. The standard InChI is InChI=1S/C29H22Cl2FN5O3/c30-15-3-4-17-18(10-15)34-28(40)29(17)23(16-5-7-33-26(31)24(16)32)22-19(37(29)12-13-1-2-13)11-20-25(22)35-21-9-14(27(38)39)6-8-36(20)21/h3-10,13,19,22-23H,1-2,11-12H2,(H,34,40)(H,38,39)/t19-,22+,23-,29+/m0/s1. The number of anilines is 1. The van der Waals surface area contributed by atoms with Gasteiger partial charge in [-0.1, -0.05) is 29.3 Å². The first-order valence-corrected chi connectivity index (χ1v) is 14.0. The molecule has 0 radical (unpaired) electrons. The number of carbonyl (C=O) groups is 2. The van der Waals surface area contributed by atoms with Crippen LogP contribution in [0.5, 0.6) is 0 Å². The fourth-order valence-electron chi connectivity index (χ4n) is 7.44. The lowest BCUT2D eigenvalue weighted by molar-refractivity contribution is -0.128. The van der Waals surface area contributed by atoms with E-state index in [2.05, 4.69) is 15.2 Å². The van der Waals surface area contributed by atoms with Gasteiger partial charge in [-0.3, -0.25) is 9.69 Å². The molecule has 4 aromatic rings. The summed E-state index contributed by atoms with van der Waals surface area (Å²) >= 11 is 12.6. The van der Waals surface area contributed by atoms with Gasteiger partial charge in [0.15, 0.2) is 11.0 Å². The molecule has 0 bridgehead atoms. The Morgan fingerprint density at radius 2 is 2.02 bits per heavy atom. The van der Waals surface area contributed by atoms with Crippen LogP contribution in [0, 0.1) is 11.7 Å². The Bertz CT molecular complexity index is 1790. The summed E-state index contributed by atoms with van der Waals surface area (Å²) in [4.78, 5) is 37.2. The van der Waals surface area contributed by atoms with Crippen LogP contribution in [0.15, 0.2) is 48.8 Å². The number of aromatic nitrogens is 3. The fourth-order valence-corrected chi connectivity index (χ4v) is 7.78. The molecule has 0 unspecified atom stereocenters. The first-order valence-electron chi connectivity index (χ1n) is 13.2. The maximum absolute atomic E-state index is 16.0. The molecular formula is C29H22Cl2FN5O3. The molecule has 8 nitrogen and oxygen atoms in total. The van der Waals surface area contributed by atoms with E-state index in [1.807, 2.05) is 10.5 Å². The molecule has 3 aromatic heterocycles. The predicted molar refractivity (Wildman–Crippen MR) is 146 cm³/mol. The lowest BCUT2D eigenvalue weighted by Gasteiger charge is -2.40. The quantitative estimate of drug-likeness (QED) is 0.322. The molecule has 1 spiro atoms. The molecular weight excluding hydrogens is 556 g/mol. The number of carboxylic acids is 1. The minimum absolute atomic E-state index is 0.135. The van der Waals surface area contributed by atoms with Crippen molar-refractivity contribution in [3.8, 4) is 0 Å². The second-order valence-corrected chi connectivity index (χ2v) is 12.0. The Morgan fingerprint density at radius 1 is 1.20 bits per heavy atom. The van der Waals surface area contributed by atoms with Gasteiger partial charge in [0, 0.05) is 65.2 Å². The van der Waals surface area contributed by atoms with Crippen molar-refractivity contribution in [3.63, 3.8) is 0 Å². The zero-order valence-electron chi connectivity index (χ0n) is 20.9. The van der Waals surface area contributed by atoms with Gasteiger partial charge in [-0.05, 0) is 54.7 Å². The van der Waals surface area contributed by atoms with E-state index in [1.165, 1.54) is 6.20 Å². The Kier molecular flexibility index (Phi) is 5.01. The molecule has 202 valence electrons. The first kappa shape index (κ1) is 24.3. The summed E-state index contributed by atoms with van der Waals surface area (Å²) in [6.45, 7) is 0.684. The summed E-state index contributed by atoms with van der Waals surface area (Å²) in [6, 6.07) is 9.95. The lowest BCUT2D eigenvalue weighted by Crippen LogP contribution is -2.53. The number of aromatic carboxylic acids is 1. The molecule has 2 fully saturated rings. The van der Waals surface area contributed by atoms with Crippen LogP contribution in [0.1, 0.15) is 57.6 Å². The predicted octanol–water partition coefficient (Wildman–Crippen LogP) is 5.24. The van der Waals surface area contributed by atoms with E-state index < -0.39 is 23.2 Å². The van der Waals surface area contributed by atoms with Crippen LogP contribution >= 0.6 is 23.2 Å². The van der Waals surface area contributed by atoms with Gasteiger partial charge in [-0.25, -0.2) is 19.2 Å². The Hall–Kier alpha value is -3.53. The highest BCUT2D eigenvalue weighted by Crippen LogP contribution is 2.65. The van der Waals surface area contributed by atoms with Crippen LogP contribution in [0.25, 0.3) is 5.65 Å². The third-order valence-corrected chi connectivity index (χ3v) is 9.65. The number of amides is 1. The SMILES string of the molecule is O=C(O)c1ccn2c3c(nc2c1)[C@@H]1[C@H](C3)N(CC2CC2)[C@@]2(C(=O)Nc3cc(Cl)ccc32)[C@H]1c1ccnc(Cl)c1F. The summed E-state index contributed by atoms with van der Waals surface area (Å²) in [6.07, 6.45) is 5.93. The summed E-state index contributed by atoms with van der Waals surface area (Å²) in [5.41, 5.74) is 2.79. The van der Waals surface area contributed by atoms with Crippen molar-refractivity contribution in [1.29, 1.82) is 0 Å². The normalized spacial score (nSPS) is 26.8. The minimum atomic E-state index is -1.22. The zero-order chi connectivity index (χ0) is 27.5. The second-order valence-electron chi connectivity index (χ2n) is 11.2. The number of carboxylic acid groups (broad SMARTS) is 1. The van der Waals surface area contributed by atoms with Crippen LogP contribution in [0.2, 0.25) is 10.2 Å². The topological polar surface area (TPSA) is 99.8 Å². The van der Waals surface area contributed by atoms with Gasteiger partial charge >= 0.3 is 5.97 Å². The molecule has 1 saturated heterocycles. The number of imidazole rings is 1. The van der Waals surface area contributed by atoms with E-state index in [4.69, 9.17) is 28.2 Å². The minimum Gasteiger partial charge on any atom is -0.478 e. The summed E-state index contributed by atoms with van der Waals surface area (Å²) in [5, 5.41) is 12.8. The molecule has 5 heterocycles. The number of hydrogen-bond acceptors (Lipinski definition) is 5. The highest BCUT2D eigenvalue weighted by Gasteiger charge is 2.69. The lowest BCUT2D eigenvalue weighted by atomic mass is 9.71. The van der Waals surface area contributed by atoms with Crippen molar-refractivity contribution in [2.75, 3.05) is 11.9 Å². The smallest absolute Gasteiger partial charge is 0.335 e. The number of fused-ring (bicyclic) bond motifs is 7. The number of nitrogens with one attached hydrogen (secondary N) is 1. The summed E-state index contributed by atoms with van der Waals surface area (Å²) in [7, 11) is 0. The number of halogens is 3. The molecule has 4 aliphatic rings. The van der Waals surface area contributed by atoms with Crippen molar-refractivity contribution in [1.82, 2.24) is 19.3 Å². The molecule has 11 heteroatoms. The van der Waals surface area contributed by atoms with Gasteiger partial charge < -0.3 is 14.8 Å². The average molecular weight is 578 g/mol. The molecule has 2 aliphatic carbocycles. The van der Waals surface area contributed by atoms with Crippen LogP contribution in [0.4, 0.5) is 10.1 Å². The third-order valence-electron chi connectivity index (χ3n) is 9.15. The molecule has 4 atom stereocenters. The maximum atomic E-state index is 16.0. The van der Waals surface area contributed by atoms with Crippen molar-refractivity contribution < 1.29 is 19.1 Å². The van der Waals surface area contributed by atoms with Gasteiger partial charge in [0.2, 0.25) is 5.91 Å². The van der Waals surface area contributed by atoms with Crippen molar-refractivity contribution in [2.24, 2.45) is 5.92 Å². The van der Waals surface area contributed by atoms with E-state index in [0.717, 1.165) is 29.8 Å². The molecule has 40 heavy (non-hydrogen) atoms. The largest absolute Gasteiger partial charge is 0.478 e. The average Bonchev–Trinajstić information content (AvgIpc) is 3.37. The van der Waals surface area contributed by atoms with Gasteiger partial charge in [0.1, 0.15) is 11.2 Å². The molecule has 1 amide bonds. The van der Waals surface area contributed by atoms with E-state index in [0.29, 0.717) is 40.8 Å². The number of rotatable bonds is 4. The number of nitrogens with zero attached hydrogens (tertiary/aromatic N) is 4. The molecule has 1 saturated carbocycles. The van der Waals surface area contributed by atoms with Crippen LogP contribution in [-0.4, -0.2) is 48.8 Å². The Morgan fingerprint density at radius 3 is 2.80 bits per heavy atom. The second kappa shape index (κ2) is 8.25. The summed E-state index contributed by atoms with van der Waals surface area (Å²) in [5.74, 6) is -2.51. The Labute approximate surface area is 237 Å². The first-order chi connectivity index (χ1) is 19.3. The van der Waals surface area contributed by atoms with E-state index in [9.17, 15) is 14.7 Å². The number of pyridine rings is 2. The van der Waals surface area contributed by atoms with Gasteiger partial charge in [0.05, 0.1) is 11.3 Å². The highest BCUT2D eigenvalue weighted by molar-refractivity contribution is 6.31. The zero-order valence-corrected chi connectivity index (χ0v) is 22.5. The van der Waals surface area contributed by atoms with Gasteiger partial charge in [-0.15, -0.1) is 0 Å². The van der Waals surface area contributed by atoms with Crippen molar-refractivity contribution in [3.05, 3.63) is 92.9 Å². The third kappa shape index (κ3) is 3.11. The molecule has 8 rings (SSSR count). The Balaban J connectivity index is 1.42. The van der Waals surface area contributed by atoms with Crippen LogP contribution in [0.3, 0.4) is 0 Å². The number of carbonyl (C=O) groups excluding carboxylic acids is 1. The van der Waals surface area contributed by atoms with E-state index in [1.54, 1.807) is 36.5 Å². The van der Waals surface area contributed by atoms with Crippen LogP contribution in [-0.2, 0) is 16.8 Å². The fraction of sp³-hybridized carbons (Fsp3) is 0.310. The van der Waals surface area contributed by atoms with Crippen LogP contribution < -0.4 is 5.32 Å². The van der Waals surface area contributed by atoms with Crippen molar-refractivity contribution >= 4 is 46.4 Å².